The highest BCUT2D eigenvalue weighted by Gasteiger charge is 2.28. The first-order valence-corrected chi connectivity index (χ1v) is 9.08. The molecule has 5 nitrogen and oxygen atoms in total. The highest BCUT2D eigenvalue weighted by atomic mass is 16.5. The van der Waals surface area contributed by atoms with Crippen LogP contribution in [0.5, 0.6) is 0 Å². The van der Waals surface area contributed by atoms with Gasteiger partial charge >= 0.3 is 6.03 Å². The maximum atomic E-state index is 12.5. The number of benzene rings is 1. The molecule has 132 valence electrons. The van der Waals surface area contributed by atoms with Crippen molar-refractivity contribution >= 4 is 11.7 Å². The van der Waals surface area contributed by atoms with Crippen molar-refractivity contribution in [1.29, 1.82) is 0 Å². The minimum atomic E-state index is 0.0281. The molecule has 1 aromatic carbocycles. The Kier molecular flexibility index (Phi) is 5.74. The summed E-state index contributed by atoms with van der Waals surface area (Å²) in [6, 6.07) is 8.18. The minimum Gasteiger partial charge on any atom is -0.379 e. The van der Waals surface area contributed by atoms with Crippen LogP contribution in [0.25, 0.3) is 0 Å². The highest BCUT2D eigenvalue weighted by Crippen LogP contribution is 2.21. The summed E-state index contributed by atoms with van der Waals surface area (Å²) >= 11 is 0. The second kappa shape index (κ2) is 7.99. The van der Waals surface area contributed by atoms with Gasteiger partial charge in [0.1, 0.15) is 0 Å². The first-order chi connectivity index (χ1) is 11.6. The van der Waals surface area contributed by atoms with Crippen LogP contribution >= 0.6 is 0 Å². The van der Waals surface area contributed by atoms with Gasteiger partial charge in [0.2, 0.25) is 0 Å². The van der Waals surface area contributed by atoms with Gasteiger partial charge < -0.3 is 15.0 Å². The number of hydrogen-bond donors (Lipinski definition) is 1. The highest BCUT2D eigenvalue weighted by molar-refractivity contribution is 5.89. The number of anilines is 1. The first kappa shape index (κ1) is 17.2. The van der Waals surface area contributed by atoms with Gasteiger partial charge in [-0.25, -0.2) is 4.79 Å². The molecule has 24 heavy (non-hydrogen) atoms. The van der Waals surface area contributed by atoms with Crippen molar-refractivity contribution in [2.45, 2.75) is 26.2 Å². The summed E-state index contributed by atoms with van der Waals surface area (Å²) in [6.07, 6.45) is 1.09. The maximum Gasteiger partial charge on any atom is 0.321 e. The first-order valence-electron chi connectivity index (χ1n) is 9.08. The number of carbonyl (C=O) groups is 1. The second-order valence-electron chi connectivity index (χ2n) is 7.22. The molecule has 0 spiro atoms. The Morgan fingerprint density at radius 2 is 2.08 bits per heavy atom. The number of nitrogens with one attached hydrogen (secondary N) is 1. The molecule has 0 saturated carbocycles. The van der Waals surface area contributed by atoms with E-state index in [1.807, 2.05) is 17.0 Å². The number of ether oxygens (including phenoxy) is 1. The summed E-state index contributed by atoms with van der Waals surface area (Å²) in [5, 5.41) is 3.06. The molecular weight excluding hydrogens is 302 g/mol. The monoisotopic (exact) mass is 331 g/mol. The zero-order valence-electron chi connectivity index (χ0n) is 14.8. The SMILES string of the molecule is CC(C)c1cccc(NC(=O)N2CCC(CN3CCOCC3)C2)c1. The third kappa shape index (κ3) is 4.48. The van der Waals surface area contributed by atoms with E-state index in [9.17, 15) is 4.79 Å². The molecule has 2 saturated heterocycles. The molecule has 5 heteroatoms. The fourth-order valence-corrected chi connectivity index (χ4v) is 3.49. The standard InChI is InChI=1S/C19H29N3O2/c1-15(2)17-4-3-5-18(12-17)20-19(23)22-7-6-16(14-22)13-21-8-10-24-11-9-21/h3-5,12,15-16H,6-11,13-14H2,1-2H3,(H,20,23). The molecule has 2 fully saturated rings. The lowest BCUT2D eigenvalue weighted by Crippen LogP contribution is -2.40. The number of rotatable bonds is 4. The van der Waals surface area contributed by atoms with E-state index in [2.05, 4.69) is 36.2 Å². The van der Waals surface area contributed by atoms with Crippen molar-refractivity contribution in [3.8, 4) is 0 Å². The van der Waals surface area contributed by atoms with Crippen LogP contribution in [-0.2, 0) is 4.74 Å². The molecule has 3 rings (SSSR count). The van der Waals surface area contributed by atoms with Gasteiger partial charge in [0, 0.05) is 38.4 Å². The number of amides is 2. The van der Waals surface area contributed by atoms with E-state index >= 15 is 0 Å². The lowest BCUT2D eigenvalue weighted by molar-refractivity contribution is 0.0314. The zero-order valence-corrected chi connectivity index (χ0v) is 14.8. The van der Waals surface area contributed by atoms with E-state index in [1.165, 1.54) is 5.56 Å². The summed E-state index contributed by atoms with van der Waals surface area (Å²) in [7, 11) is 0. The Hall–Kier alpha value is -1.59. The van der Waals surface area contributed by atoms with Gasteiger partial charge in [-0.15, -0.1) is 0 Å². The van der Waals surface area contributed by atoms with Crippen LogP contribution < -0.4 is 5.32 Å². The van der Waals surface area contributed by atoms with Crippen LogP contribution in [0, 0.1) is 5.92 Å². The van der Waals surface area contributed by atoms with Crippen LogP contribution in [0.3, 0.4) is 0 Å². The normalized spacial score (nSPS) is 22.1. The lowest BCUT2D eigenvalue weighted by Gasteiger charge is -2.29. The summed E-state index contributed by atoms with van der Waals surface area (Å²) < 4.78 is 5.40. The lowest BCUT2D eigenvalue weighted by atomic mass is 10.0. The van der Waals surface area contributed by atoms with Crippen LogP contribution in [0.2, 0.25) is 0 Å². The van der Waals surface area contributed by atoms with Crippen molar-refractivity contribution in [2.24, 2.45) is 5.92 Å². The average molecular weight is 331 g/mol. The molecule has 1 unspecified atom stereocenters. The summed E-state index contributed by atoms with van der Waals surface area (Å²) in [4.78, 5) is 16.9. The Morgan fingerprint density at radius 3 is 2.83 bits per heavy atom. The molecule has 2 heterocycles. The van der Waals surface area contributed by atoms with Crippen molar-refractivity contribution in [3.05, 3.63) is 29.8 Å². The molecule has 0 aliphatic carbocycles. The van der Waals surface area contributed by atoms with Crippen LogP contribution in [-0.4, -0.2) is 61.8 Å². The van der Waals surface area contributed by atoms with Gasteiger partial charge in [-0.1, -0.05) is 26.0 Å². The molecule has 0 aromatic heterocycles. The Bertz CT molecular complexity index is 555. The van der Waals surface area contributed by atoms with Crippen molar-refractivity contribution in [2.75, 3.05) is 51.3 Å². The molecule has 2 amide bonds. The van der Waals surface area contributed by atoms with Gasteiger partial charge in [0.05, 0.1) is 13.2 Å². The van der Waals surface area contributed by atoms with E-state index < -0.39 is 0 Å². The van der Waals surface area contributed by atoms with Crippen molar-refractivity contribution < 1.29 is 9.53 Å². The van der Waals surface area contributed by atoms with Crippen molar-refractivity contribution in [1.82, 2.24) is 9.80 Å². The summed E-state index contributed by atoms with van der Waals surface area (Å²) in [6.45, 7) is 10.8. The Morgan fingerprint density at radius 1 is 1.29 bits per heavy atom. The van der Waals surface area contributed by atoms with E-state index in [0.29, 0.717) is 11.8 Å². The number of nitrogens with zero attached hydrogens (tertiary/aromatic N) is 2. The molecule has 2 aliphatic heterocycles. The van der Waals surface area contributed by atoms with E-state index in [0.717, 1.165) is 58.0 Å². The van der Waals surface area contributed by atoms with Gasteiger partial charge in [0.25, 0.3) is 0 Å². The fourth-order valence-electron chi connectivity index (χ4n) is 3.49. The molecule has 1 N–H and O–H groups in total. The maximum absolute atomic E-state index is 12.5. The predicted molar refractivity (Wildman–Crippen MR) is 96.5 cm³/mol. The zero-order chi connectivity index (χ0) is 16.9. The molecule has 0 radical (unpaired) electrons. The van der Waals surface area contributed by atoms with Gasteiger partial charge in [0.15, 0.2) is 0 Å². The van der Waals surface area contributed by atoms with E-state index in [-0.39, 0.29) is 6.03 Å². The predicted octanol–water partition coefficient (Wildman–Crippen LogP) is 3.00. The number of likely N-dealkylation sites (tertiary alicyclic amines) is 1. The number of carbonyl (C=O) groups excluding carboxylic acids is 1. The third-order valence-electron chi connectivity index (χ3n) is 5.00. The van der Waals surface area contributed by atoms with Crippen LogP contribution in [0.1, 0.15) is 31.7 Å². The van der Waals surface area contributed by atoms with Gasteiger partial charge in [-0.05, 0) is 36.0 Å². The largest absolute Gasteiger partial charge is 0.379 e. The second-order valence-corrected chi connectivity index (χ2v) is 7.22. The number of urea groups is 1. The molecular formula is C19H29N3O2. The minimum absolute atomic E-state index is 0.0281. The van der Waals surface area contributed by atoms with Gasteiger partial charge in [-0.2, -0.15) is 0 Å². The fraction of sp³-hybridized carbons (Fsp3) is 0.632. The Balaban J connectivity index is 1.50. The summed E-state index contributed by atoms with van der Waals surface area (Å²) in [5.74, 6) is 1.04. The number of hydrogen-bond acceptors (Lipinski definition) is 3. The van der Waals surface area contributed by atoms with E-state index in [1.54, 1.807) is 0 Å². The smallest absolute Gasteiger partial charge is 0.321 e. The number of morpholine rings is 1. The van der Waals surface area contributed by atoms with Crippen LogP contribution in [0.15, 0.2) is 24.3 Å². The Labute approximate surface area is 145 Å². The molecule has 1 aromatic rings. The average Bonchev–Trinajstić information content (AvgIpc) is 3.04. The molecule has 1 atom stereocenters. The van der Waals surface area contributed by atoms with E-state index in [4.69, 9.17) is 4.74 Å². The molecule has 2 aliphatic rings. The van der Waals surface area contributed by atoms with Crippen LogP contribution in [0.4, 0.5) is 10.5 Å². The molecule has 0 bridgehead atoms. The van der Waals surface area contributed by atoms with Crippen molar-refractivity contribution in [3.63, 3.8) is 0 Å². The topological polar surface area (TPSA) is 44.8 Å². The third-order valence-corrected chi connectivity index (χ3v) is 5.00. The quantitative estimate of drug-likeness (QED) is 0.922. The summed E-state index contributed by atoms with van der Waals surface area (Å²) in [5.41, 5.74) is 2.14. The van der Waals surface area contributed by atoms with Gasteiger partial charge in [-0.3, -0.25) is 4.90 Å².